The number of hydrogen-bond donors (Lipinski definition) is 1. The van der Waals surface area contributed by atoms with E-state index in [4.69, 9.17) is 14.6 Å². The van der Waals surface area contributed by atoms with Gasteiger partial charge in [-0.3, -0.25) is 9.59 Å². The molecule has 0 saturated carbocycles. The van der Waals surface area contributed by atoms with Crippen molar-refractivity contribution in [3.63, 3.8) is 0 Å². The molecule has 2 rings (SSSR count). The highest BCUT2D eigenvalue weighted by molar-refractivity contribution is 6.00. The van der Waals surface area contributed by atoms with Crippen molar-refractivity contribution in [3.8, 4) is 11.5 Å². The molecule has 0 bridgehead atoms. The Morgan fingerprint density at radius 2 is 1.90 bits per heavy atom. The fourth-order valence-corrected chi connectivity index (χ4v) is 2.37. The van der Waals surface area contributed by atoms with Crippen LogP contribution in [0.25, 0.3) is 0 Å². The first-order chi connectivity index (χ1) is 9.47. The molecule has 1 aromatic carbocycles. The highest BCUT2D eigenvalue weighted by Crippen LogP contribution is 2.37. The molecular formula is C14H17NO5. The van der Waals surface area contributed by atoms with Crippen molar-refractivity contribution in [2.75, 3.05) is 25.7 Å². The van der Waals surface area contributed by atoms with Gasteiger partial charge < -0.3 is 19.5 Å². The van der Waals surface area contributed by atoms with E-state index in [1.54, 1.807) is 19.2 Å². The Kier molecular flexibility index (Phi) is 3.83. The monoisotopic (exact) mass is 279 g/mol. The number of aryl methyl sites for hydroxylation is 1. The summed E-state index contributed by atoms with van der Waals surface area (Å²) in [5.74, 6) is -0.698. The summed E-state index contributed by atoms with van der Waals surface area (Å²) in [5.41, 5.74) is 1.50. The molecule has 108 valence electrons. The predicted octanol–water partition coefficient (Wildman–Crippen LogP) is 1.45. The summed E-state index contributed by atoms with van der Waals surface area (Å²) >= 11 is 0. The Bertz CT molecular complexity index is 555. The molecule has 6 heteroatoms. The number of carboxylic acid groups (broad SMARTS) is 1. The number of anilines is 1. The molecule has 1 fully saturated rings. The molecule has 0 aliphatic carbocycles. The van der Waals surface area contributed by atoms with Crippen molar-refractivity contribution in [3.05, 3.63) is 17.7 Å². The summed E-state index contributed by atoms with van der Waals surface area (Å²) in [6.45, 7) is 2.03. The second-order valence-corrected chi connectivity index (χ2v) is 4.74. The van der Waals surface area contributed by atoms with Crippen LogP contribution in [0.2, 0.25) is 0 Å². The van der Waals surface area contributed by atoms with Crippen molar-refractivity contribution in [2.45, 2.75) is 13.3 Å². The zero-order valence-corrected chi connectivity index (χ0v) is 11.7. The van der Waals surface area contributed by atoms with Gasteiger partial charge in [-0.2, -0.15) is 0 Å². The summed E-state index contributed by atoms with van der Waals surface area (Å²) in [6, 6.07) is 3.48. The lowest BCUT2D eigenvalue weighted by Gasteiger charge is -2.20. The van der Waals surface area contributed by atoms with Crippen LogP contribution in [0.15, 0.2) is 12.1 Å². The van der Waals surface area contributed by atoms with E-state index in [9.17, 15) is 9.59 Å². The quantitative estimate of drug-likeness (QED) is 0.902. The van der Waals surface area contributed by atoms with Crippen LogP contribution >= 0.6 is 0 Å². The Balaban J connectivity index is 2.38. The number of carbonyl (C=O) groups excluding carboxylic acids is 1. The molecule has 1 aliphatic heterocycles. The van der Waals surface area contributed by atoms with E-state index in [-0.39, 0.29) is 18.9 Å². The van der Waals surface area contributed by atoms with Gasteiger partial charge in [-0.05, 0) is 18.6 Å². The zero-order chi connectivity index (χ0) is 14.9. The molecule has 1 saturated heterocycles. The van der Waals surface area contributed by atoms with Gasteiger partial charge in [0, 0.05) is 19.0 Å². The van der Waals surface area contributed by atoms with Crippen molar-refractivity contribution >= 4 is 17.6 Å². The molecule has 1 aromatic rings. The number of amides is 1. The number of methoxy groups -OCH3 is 2. The van der Waals surface area contributed by atoms with E-state index < -0.39 is 11.9 Å². The van der Waals surface area contributed by atoms with Crippen LogP contribution in [0.3, 0.4) is 0 Å². The Labute approximate surface area is 116 Å². The van der Waals surface area contributed by atoms with Gasteiger partial charge >= 0.3 is 5.97 Å². The van der Waals surface area contributed by atoms with Crippen molar-refractivity contribution < 1.29 is 24.2 Å². The number of ether oxygens (including phenoxy) is 2. The van der Waals surface area contributed by atoms with Crippen molar-refractivity contribution in [1.82, 2.24) is 0 Å². The van der Waals surface area contributed by atoms with Crippen LogP contribution in [0, 0.1) is 12.8 Å². The van der Waals surface area contributed by atoms with Gasteiger partial charge in [0.1, 0.15) is 0 Å². The lowest BCUT2D eigenvalue weighted by molar-refractivity contribution is -0.141. The van der Waals surface area contributed by atoms with Crippen molar-refractivity contribution in [2.24, 2.45) is 5.92 Å². The third kappa shape index (κ3) is 2.41. The van der Waals surface area contributed by atoms with E-state index in [1.807, 2.05) is 6.92 Å². The number of rotatable bonds is 4. The van der Waals surface area contributed by atoms with Gasteiger partial charge in [-0.1, -0.05) is 0 Å². The first-order valence-electron chi connectivity index (χ1n) is 6.23. The fourth-order valence-electron chi connectivity index (χ4n) is 2.37. The van der Waals surface area contributed by atoms with Gasteiger partial charge in [0.15, 0.2) is 11.5 Å². The second kappa shape index (κ2) is 5.40. The maximum atomic E-state index is 12.0. The van der Waals surface area contributed by atoms with Gasteiger partial charge in [0.2, 0.25) is 5.91 Å². The lowest BCUT2D eigenvalue weighted by Crippen LogP contribution is -2.26. The number of hydrogen-bond acceptors (Lipinski definition) is 4. The molecule has 0 spiro atoms. The van der Waals surface area contributed by atoms with Crippen LogP contribution in [0.5, 0.6) is 11.5 Å². The summed E-state index contributed by atoms with van der Waals surface area (Å²) in [4.78, 5) is 24.5. The number of carbonyl (C=O) groups is 2. The maximum absolute atomic E-state index is 12.0. The summed E-state index contributed by atoms with van der Waals surface area (Å²) in [6.07, 6.45) is 0.0309. The molecule has 1 heterocycles. The smallest absolute Gasteiger partial charge is 0.308 e. The summed E-state index contributed by atoms with van der Waals surface area (Å²) in [7, 11) is 3.06. The minimum Gasteiger partial charge on any atom is -0.493 e. The number of benzene rings is 1. The van der Waals surface area contributed by atoms with Crippen LogP contribution in [-0.2, 0) is 9.59 Å². The largest absolute Gasteiger partial charge is 0.493 e. The molecule has 1 amide bonds. The summed E-state index contributed by atoms with van der Waals surface area (Å²) in [5, 5.41) is 9.02. The van der Waals surface area contributed by atoms with Crippen LogP contribution in [-0.4, -0.2) is 37.7 Å². The van der Waals surface area contributed by atoms with Crippen LogP contribution in [0.1, 0.15) is 12.0 Å². The zero-order valence-electron chi connectivity index (χ0n) is 11.7. The first kappa shape index (κ1) is 14.2. The minimum atomic E-state index is -0.945. The normalized spacial score (nSPS) is 18.2. The van der Waals surface area contributed by atoms with Gasteiger partial charge in [0.25, 0.3) is 0 Å². The van der Waals surface area contributed by atoms with Crippen LogP contribution in [0.4, 0.5) is 5.69 Å². The van der Waals surface area contributed by atoms with Gasteiger partial charge in [-0.25, -0.2) is 0 Å². The van der Waals surface area contributed by atoms with E-state index in [0.29, 0.717) is 17.2 Å². The topological polar surface area (TPSA) is 76.1 Å². The lowest BCUT2D eigenvalue weighted by atomic mass is 10.1. The molecule has 1 atom stereocenters. The third-order valence-corrected chi connectivity index (χ3v) is 3.47. The number of carboxylic acids is 1. The number of nitrogens with zero attached hydrogens (tertiary/aromatic N) is 1. The third-order valence-electron chi connectivity index (χ3n) is 3.47. The number of aliphatic carboxylic acids is 1. The van der Waals surface area contributed by atoms with E-state index >= 15 is 0 Å². The fraction of sp³-hybridized carbons (Fsp3) is 0.429. The average Bonchev–Trinajstić information content (AvgIpc) is 2.80. The Hall–Kier alpha value is -2.24. The van der Waals surface area contributed by atoms with E-state index in [0.717, 1.165) is 5.56 Å². The summed E-state index contributed by atoms with van der Waals surface area (Å²) < 4.78 is 10.4. The maximum Gasteiger partial charge on any atom is 0.308 e. The van der Waals surface area contributed by atoms with Gasteiger partial charge in [0.05, 0.1) is 25.8 Å². The second-order valence-electron chi connectivity index (χ2n) is 4.74. The molecule has 1 aliphatic rings. The standard InChI is InChI=1S/C14H17NO5/c1-8-4-11(19-2)12(20-3)6-10(8)15-7-9(14(17)18)5-13(15)16/h4,6,9H,5,7H2,1-3H3,(H,17,18). The van der Waals surface area contributed by atoms with Crippen molar-refractivity contribution in [1.29, 1.82) is 0 Å². The molecular weight excluding hydrogens is 262 g/mol. The predicted molar refractivity (Wildman–Crippen MR) is 72.4 cm³/mol. The molecule has 0 radical (unpaired) electrons. The molecule has 0 aromatic heterocycles. The Morgan fingerprint density at radius 3 is 2.40 bits per heavy atom. The molecule has 6 nitrogen and oxygen atoms in total. The average molecular weight is 279 g/mol. The van der Waals surface area contributed by atoms with Gasteiger partial charge in [-0.15, -0.1) is 0 Å². The van der Waals surface area contributed by atoms with E-state index in [2.05, 4.69) is 0 Å². The highest BCUT2D eigenvalue weighted by atomic mass is 16.5. The van der Waals surface area contributed by atoms with E-state index in [1.165, 1.54) is 12.0 Å². The van der Waals surface area contributed by atoms with Crippen LogP contribution < -0.4 is 14.4 Å². The molecule has 20 heavy (non-hydrogen) atoms. The Morgan fingerprint density at radius 1 is 1.30 bits per heavy atom. The first-order valence-corrected chi connectivity index (χ1v) is 6.23. The molecule has 1 unspecified atom stereocenters. The minimum absolute atomic E-state index is 0.0309. The molecule has 1 N–H and O–H groups in total. The highest BCUT2D eigenvalue weighted by Gasteiger charge is 2.36. The SMILES string of the molecule is COc1cc(C)c(N2CC(C(=O)O)CC2=O)cc1OC.